The van der Waals surface area contributed by atoms with Crippen LogP contribution in [-0.4, -0.2) is 32.5 Å². The third-order valence-electron chi connectivity index (χ3n) is 3.84. The normalized spacial score (nSPS) is 18.8. The van der Waals surface area contributed by atoms with Gasteiger partial charge < -0.3 is 4.90 Å². The van der Waals surface area contributed by atoms with E-state index in [4.69, 9.17) is 0 Å². The number of nitrogens with zero attached hydrogens (tertiary/aromatic N) is 2. The van der Waals surface area contributed by atoms with Crippen LogP contribution in [0.1, 0.15) is 12.8 Å². The number of halogens is 1. The minimum absolute atomic E-state index is 0.268. The van der Waals surface area contributed by atoms with Gasteiger partial charge in [0.1, 0.15) is 16.5 Å². The fourth-order valence-corrected chi connectivity index (χ4v) is 4.11. The smallest absolute Gasteiger partial charge is 0.243 e. The van der Waals surface area contributed by atoms with Gasteiger partial charge in [-0.1, -0.05) is 18.2 Å². The Morgan fingerprint density at radius 2 is 1.96 bits per heavy atom. The molecule has 122 valence electrons. The van der Waals surface area contributed by atoms with Crippen molar-refractivity contribution < 1.29 is 12.8 Å². The molecule has 1 saturated heterocycles. The summed E-state index contributed by atoms with van der Waals surface area (Å²) in [5.74, 6) is 0.0830. The molecule has 0 bridgehead atoms. The zero-order chi connectivity index (χ0) is 16.3. The molecule has 0 aliphatic carbocycles. The molecule has 1 N–H and O–H groups in total. The molecule has 0 amide bonds. The molecule has 5 nitrogen and oxygen atoms in total. The Kier molecular flexibility index (Phi) is 4.58. The summed E-state index contributed by atoms with van der Waals surface area (Å²) in [6.45, 7) is 1.35. The van der Waals surface area contributed by atoms with Gasteiger partial charge in [-0.05, 0) is 37.1 Å². The molecule has 2 heterocycles. The van der Waals surface area contributed by atoms with Crippen LogP contribution in [0.25, 0.3) is 0 Å². The molecule has 1 aliphatic heterocycles. The maximum absolute atomic E-state index is 13.7. The van der Waals surface area contributed by atoms with Crippen LogP contribution in [0.4, 0.5) is 10.2 Å². The average Bonchev–Trinajstić information content (AvgIpc) is 2.56. The summed E-state index contributed by atoms with van der Waals surface area (Å²) in [5.41, 5.74) is 0. The first-order chi connectivity index (χ1) is 11.1. The Morgan fingerprint density at radius 1 is 1.17 bits per heavy atom. The molecule has 7 heteroatoms. The van der Waals surface area contributed by atoms with Crippen molar-refractivity contribution in [1.29, 1.82) is 0 Å². The van der Waals surface area contributed by atoms with Crippen LogP contribution in [0.15, 0.2) is 53.6 Å². The number of benzene rings is 1. The molecular weight excluding hydrogens is 317 g/mol. The second kappa shape index (κ2) is 6.64. The highest BCUT2D eigenvalue weighted by Crippen LogP contribution is 2.20. The first-order valence-electron chi connectivity index (χ1n) is 7.49. The predicted octanol–water partition coefficient (Wildman–Crippen LogP) is 2.17. The predicted molar refractivity (Wildman–Crippen MR) is 86.2 cm³/mol. The lowest BCUT2D eigenvalue weighted by molar-refractivity contribution is 0.462. The first-order valence-corrected chi connectivity index (χ1v) is 8.97. The SMILES string of the molecule is O=S(=O)(NC1CCCN(c2ccccn2)C1)c1ccccc1F. The Balaban J connectivity index is 1.74. The Morgan fingerprint density at radius 3 is 2.70 bits per heavy atom. The van der Waals surface area contributed by atoms with E-state index in [1.54, 1.807) is 6.20 Å². The molecular formula is C16H18FN3O2S. The zero-order valence-electron chi connectivity index (χ0n) is 12.5. The van der Waals surface area contributed by atoms with E-state index in [-0.39, 0.29) is 10.9 Å². The number of hydrogen-bond acceptors (Lipinski definition) is 4. The van der Waals surface area contributed by atoms with Gasteiger partial charge in [0.25, 0.3) is 0 Å². The van der Waals surface area contributed by atoms with E-state index in [0.717, 1.165) is 31.3 Å². The largest absolute Gasteiger partial charge is 0.355 e. The van der Waals surface area contributed by atoms with E-state index in [1.165, 1.54) is 18.2 Å². The number of sulfonamides is 1. The number of nitrogens with one attached hydrogen (secondary N) is 1. The van der Waals surface area contributed by atoms with Crippen LogP contribution in [0.3, 0.4) is 0 Å². The molecule has 1 aromatic carbocycles. The second-order valence-corrected chi connectivity index (χ2v) is 7.21. The number of piperidine rings is 1. The third-order valence-corrected chi connectivity index (χ3v) is 5.40. The molecule has 1 atom stereocenters. The molecule has 0 radical (unpaired) electrons. The van der Waals surface area contributed by atoms with Crippen LogP contribution < -0.4 is 9.62 Å². The summed E-state index contributed by atoms with van der Waals surface area (Å²) >= 11 is 0. The molecule has 1 aliphatic rings. The van der Waals surface area contributed by atoms with Crippen molar-refractivity contribution >= 4 is 15.8 Å². The van der Waals surface area contributed by atoms with Crippen LogP contribution in [0, 0.1) is 5.82 Å². The molecule has 2 aromatic rings. The zero-order valence-corrected chi connectivity index (χ0v) is 13.3. The Labute approximate surface area is 135 Å². The van der Waals surface area contributed by atoms with Crippen molar-refractivity contribution in [3.05, 3.63) is 54.5 Å². The Hall–Kier alpha value is -1.99. The average molecular weight is 335 g/mol. The van der Waals surface area contributed by atoms with Gasteiger partial charge in [0.15, 0.2) is 0 Å². The number of hydrogen-bond donors (Lipinski definition) is 1. The lowest BCUT2D eigenvalue weighted by Gasteiger charge is -2.33. The lowest BCUT2D eigenvalue weighted by Crippen LogP contribution is -2.48. The molecule has 0 spiro atoms. The van der Waals surface area contributed by atoms with Crippen LogP contribution >= 0.6 is 0 Å². The molecule has 1 unspecified atom stereocenters. The first kappa shape index (κ1) is 15.9. The quantitative estimate of drug-likeness (QED) is 0.930. The second-order valence-electron chi connectivity index (χ2n) is 5.52. The highest BCUT2D eigenvalue weighted by molar-refractivity contribution is 7.89. The van der Waals surface area contributed by atoms with Crippen molar-refractivity contribution in [2.24, 2.45) is 0 Å². The van der Waals surface area contributed by atoms with E-state index in [2.05, 4.69) is 9.71 Å². The van der Waals surface area contributed by atoms with E-state index in [9.17, 15) is 12.8 Å². The van der Waals surface area contributed by atoms with Crippen LogP contribution in [0.5, 0.6) is 0 Å². The summed E-state index contributed by atoms with van der Waals surface area (Å²) < 4.78 is 41.1. The van der Waals surface area contributed by atoms with Gasteiger partial charge in [0.05, 0.1) is 0 Å². The fourth-order valence-electron chi connectivity index (χ4n) is 2.77. The monoisotopic (exact) mass is 335 g/mol. The van der Waals surface area contributed by atoms with Gasteiger partial charge in [0.2, 0.25) is 10.0 Å². The summed E-state index contributed by atoms with van der Waals surface area (Å²) in [6, 6.07) is 10.8. The Bertz CT molecular complexity index is 768. The van der Waals surface area contributed by atoms with Crippen LogP contribution in [-0.2, 0) is 10.0 Å². The third kappa shape index (κ3) is 3.68. The highest BCUT2D eigenvalue weighted by atomic mass is 32.2. The fraction of sp³-hybridized carbons (Fsp3) is 0.312. The standard InChI is InChI=1S/C16H18FN3O2S/c17-14-7-1-2-8-15(14)23(21,22)19-13-6-5-11-20(12-13)16-9-3-4-10-18-16/h1-4,7-10,13,19H,5-6,11-12H2. The minimum atomic E-state index is -3.87. The summed E-state index contributed by atoms with van der Waals surface area (Å²) in [7, 11) is -3.87. The number of pyridine rings is 1. The molecule has 3 rings (SSSR count). The van der Waals surface area contributed by atoms with Gasteiger partial charge in [-0.3, -0.25) is 0 Å². The molecule has 1 fully saturated rings. The maximum Gasteiger partial charge on any atom is 0.243 e. The molecule has 0 saturated carbocycles. The van der Waals surface area contributed by atoms with E-state index in [1.807, 2.05) is 23.1 Å². The summed E-state index contributed by atoms with van der Waals surface area (Å²) in [4.78, 5) is 6.02. The van der Waals surface area contributed by atoms with Crippen LogP contribution in [0.2, 0.25) is 0 Å². The highest BCUT2D eigenvalue weighted by Gasteiger charge is 2.27. The van der Waals surface area contributed by atoms with Gasteiger partial charge in [-0.2, -0.15) is 0 Å². The summed E-state index contributed by atoms with van der Waals surface area (Å²) in [5, 5.41) is 0. The summed E-state index contributed by atoms with van der Waals surface area (Å²) in [6.07, 6.45) is 3.28. The molecule has 1 aromatic heterocycles. The number of aromatic nitrogens is 1. The van der Waals surface area contributed by atoms with Gasteiger partial charge in [-0.15, -0.1) is 0 Å². The maximum atomic E-state index is 13.7. The van der Waals surface area contributed by atoms with E-state index in [0.29, 0.717) is 6.54 Å². The van der Waals surface area contributed by atoms with Crippen molar-refractivity contribution in [3.63, 3.8) is 0 Å². The lowest BCUT2D eigenvalue weighted by atomic mass is 10.1. The van der Waals surface area contributed by atoms with E-state index < -0.39 is 15.8 Å². The topological polar surface area (TPSA) is 62.3 Å². The minimum Gasteiger partial charge on any atom is -0.355 e. The van der Waals surface area contributed by atoms with Crippen molar-refractivity contribution in [2.45, 2.75) is 23.8 Å². The van der Waals surface area contributed by atoms with E-state index >= 15 is 0 Å². The van der Waals surface area contributed by atoms with Gasteiger partial charge >= 0.3 is 0 Å². The van der Waals surface area contributed by atoms with Crippen molar-refractivity contribution in [1.82, 2.24) is 9.71 Å². The number of rotatable bonds is 4. The molecule has 23 heavy (non-hydrogen) atoms. The van der Waals surface area contributed by atoms with Gasteiger partial charge in [0, 0.05) is 25.3 Å². The number of anilines is 1. The van der Waals surface area contributed by atoms with Crippen molar-refractivity contribution in [2.75, 3.05) is 18.0 Å². The van der Waals surface area contributed by atoms with Gasteiger partial charge in [-0.25, -0.2) is 22.5 Å². The van der Waals surface area contributed by atoms with Crippen molar-refractivity contribution in [3.8, 4) is 0 Å².